The monoisotopic (exact) mass is 407 g/mol. The number of nitrogens with zero attached hydrogens (tertiary/aromatic N) is 1. The van der Waals surface area contributed by atoms with Gasteiger partial charge in [0.25, 0.3) is 0 Å². The highest BCUT2D eigenvalue weighted by Crippen LogP contribution is 2.24. The van der Waals surface area contributed by atoms with Crippen molar-refractivity contribution in [1.82, 2.24) is 14.9 Å². The zero-order valence-corrected chi connectivity index (χ0v) is 15.0. The molecule has 1 aliphatic rings. The lowest BCUT2D eigenvalue weighted by Gasteiger charge is -2.34. The summed E-state index contributed by atoms with van der Waals surface area (Å²) in [7, 11) is -4.44. The molecule has 0 aliphatic carbocycles. The van der Waals surface area contributed by atoms with E-state index in [4.69, 9.17) is 9.84 Å². The van der Waals surface area contributed by atoms with Gasteiger partial charge in [-0.2, -0.15) is 4.31 Å². The summed E-state index contributed by atoms with van der Waals surface area (Å²) >= 11 is 0. The average Bonchev–Trinajstić information content (AvgIpc) is 2.66. The number of aliphatic hydroxyl groups is 1. The second kappa shape index (κ2) is 9.17. The number of rotatable bonds is 6. The van der Waals surface area contributed by atoms with Crippen molar-refractivity contribution in [3.8, 4) is 0 Å². The van der Waals surface area contributed by atoms with E-state index in [-0.39, 0.29) is 32.8 Å². The second-order valence-corrected chi connectivity index (χ2v) is 7.42. The summed E-state index contributed by atoms with van der Waals surface area (Å²) in [5.41, 5.74) is 0. The van der Waals surface area contributed by atoms with Crippen LogP contribution in [0.4, 0.5) is 8.78 Å². The van der Waals surface area contributed by atoms with Crippen LogP contribution in [0.25, 0.3) is 0 Å². The molecule has 0 radical (unpaired) electrons. The minimum atomic E-state index is -4.44. The van der Waals surface area contributed by atoms with Gasteiger partial charge in [-0.05, 0) is 24.6 Å². The van der Waals surface area contributed by atoms with E-state index in [1.807, 2.05) is 0 Å². The van der Waals surface area contributed by atoms with E-state index < -0.39 is 44.6 Å². The molecule has 2 amide bonds. The number of carbonyl (C=O) groups excluding carboxylic acids is 2. The van der Waals surface area contributed by atoms with Crippen molar-refractivity contribution in [3.05, 3.63) is 29.8 Å². The predicted molar refractivity (Wildman–Crippen MR) is 87.7 cm³/mol. The molecule has 12 heteroatoms. The number of hydrogen-bond acceptors (Lipinski definition) is 6. The highest BCUT2D eigenvalue weighted by molar-refractivity contribution is 7.89. The third-order valence-electron chi connectivity index (χ3n) is 3.67. The van der Waals surface area contributed by atoms with Crippen molar-refractivity contribution in [2.45, 2.75) is 17.5 Å². The van der Waals surface area contributed by atoms with Crippen LogP contribution in [-0.4, -0.2) is 68.7 Å². The molecule has 1 heterocycles. The molecule has 1 saturated heterocycles. The Kier molecular flexibility index (Phi) is 7.18. The second-order valence-electron chi connectivity index (χ2n) is 5.56. The molecule has 1 aliphatic heterocycles. The molecule has 0 aromatic heterocycles. The quantitative estimate of drug-likeness (QED) is 0.516. The highest BCUT2D eigenvalue weighted by atomic mass is 32.2. The lowest BCUT2D eigenvalue weighted by atomic mass is 10.3. The summed E-state index contributed by atoms with van der Waals surface area (Å²) in [6, 6.07) is 2.07. The first-order valence-corrected chi connectivity index (χ1v) is 9.46. The number of ether oxygens (including phenoxy) is 1. The molecule has 0 bridgehead atoms. The number of benzene rings is 1. The number of halogens is 2. The van der Waals surface area contributed by atoms with E-state index in [2.05, 4.69) is 10.6 Å². The number of hydrogen-bond donors (Lipinski definition) is 3. The first kappa shape index (κ1) is 21.2. The molecule has 1 aromatic rings. The van der Waals surface area contributed by atoms with E-state index in [1.165, 1.54) is 0 Å². The maximum absolute atomic E-state index is 13.9. The fraction of sp³-hybridized carbons (Fsp3) is 0.467. The van der Waals surface area contributed by atoms with E-state index >= 15 is 0 Å². The number of amides is 2. The lowest BCUT2D eigenvalue weighted by Crippen LogP contribution is -2.53. The van der Waals surface area contributed by atoms with E-state index in [9.17, 15) is 26.8 Å². The van der Waals surface area contributed by atoms with Gasteiger partial charge in [-0.15, -0.1) is 0 Å². The number of nitrogens with one attached hydrogen (secondary N) is 2. The van der Waals surface area contributed by atoms with Crippen LogP contribution < -0.4 is 10.6 Å². The summed E-state index contributed by atoms with van der Waals surface area (Å²) in [6.45, 7) is -0.687. The van der Waals surface area contributed by atoms with Crippen LogP contribution in [0.5, 0.6) is 0 Å². The molecule has 1 fully saturated rings. The van der Waals surface area contributed by atoms with Crippen LogP contribution in [0.15, 0.2) is 23.1 Å². The van der Waals surface area contributed by atoms with Gasteiger partial charge in [0.1, 0.15) is 22.8 Å². The normalized spacial score (nSPS) is 18.1. The van der Waals surface area contributed by atoms with Crippen molar-refractivity contribution < 1.29 is 36.6 Å². The first-order valence-electron chi connectivity index (χ1n) is 8.02. The van der Waals surface area contributed by atoms with Gasteiger partial charge < -0.3 is 20.5 Å². The van der Waals surface area contributed by atoms with Crippen LogP contribution in [0.1, 0.15) is 6.42 Å². The molecule has 0 unspecified atom stereocenters. The van der Waals surface area contributed by atoms with Crippen LogP contribution in [0.3, 0.4) is 0 Å². The number of sulfonamides is 1. The predicted octanol–water partition coefficient (Wildman–Crippen LogP) is -1.07. The molecule has 27 heavy (non-hydrogen) atoms. The molecule has 0 saturated carbocycles. The number of aliphatic hydroxyl groups excluding tert-OH is 1. The maximum Gasteiger partial charge on any atom is 0.309 e. The van der Waals surface area contributed by atoms with Crippen LogP contribution >= 0.6 is 0 Å². The smallest absolute Gasteiger partial charge is 0.309 e. The Balaban J connectivity index is 2.13. The zero-order valence-electron chi connectivity index (χ0n) is 14.2. The summed E-state index contributed by atoms with van der Waals surface area (Å²) in [6.07, 6.45) is -0.876. The Morgan fingerprint density at radius 1 is 1.26 bits per heavy atom. The molecule has 2 rings (SSSR count). The van der Waals surface area contributed by atoms with Crippen LogP contribution in [0, 0.1) is 11.6 Å². The minimum absolute atomic E-state index is 0.0322. The van der Waals surface area contributed by atoms with Gasteiger partial charge in [-0.1, -0.05) is 0 Å². The third-order valence-corrected chi connectivity index (χ3v) is 5.58. The Labute approximate surface area is 154 Å². The van der Waals surface area contributed by atoms with Crippen molar-refractivity contribution in [1.29, 1.82) is 0 Å². The lowest BCUT2D eigenvalue weighted by molar-refractivity contribution is -0.140. The van der Waals surface area contributed by atoms with Gasteiger partial charge in [0.05, 0.1) is 19.8 Å². The molecule has 9 nitrogen and oxygen atoms in total. The zero-order chi connectivity index (χ0) is 20.0. The highest BCUT2D eigenvalue weighted by Gasteiger charge is 2.36. The molecular weight excluding hydrogens is 388 g/mol. The summed E-state index contributed by atoms with van der Waals surface area (Å²) in [5, 5.41) is 13.0. The first-order chi connectivity index (χ1) is 12.8. The molecule has 0 spiro atoms. The van der Waals surface area contributed by atoms with E-state index in [0.717, 1.165) is 10.4 Å². The maximum atomic E-state index is 13.9. The summed E-state index contributed by atoms with van der Waals surface area (Å²) in [5.74, 6) is -4.09. The van der Waals surface area contributed by atoms with Crippen molar-refractivity contribution in [2.75, 3.05) is 32.8 Å². The Bertz CT molecular complexity index is 805. The van der Waals surface area contributed by atoms with Gasteiger partial charge in [0, 0.05) is 13.1 Å². The van der Waals surface area contributed by atoms with E-state index in [1.54, 1.807) is 0 Å². The SMILES string of the molecule is O=C(NCCO)C(=O)NC[C@H]1OCCCN1S(=O)(=O)c1cc(F)ccc1F. The molecule has 1 atom stereocenters. The Morgan fingerprint density at radius 3 is 2.67 bits per heavy atom. The average molecular weight is 407 g/mol. The molecular formula is C15H19F2N3O6S. The number of carbonyl (C=O) groups is 2. The summed E-state index contributed by atoms with van der Waals surface area (Å²) < 4.78 is 58.9. The van der Waals surface area contributed by atoms with Gasteiger partial charge in [0.15, 0.2) is 0 Å². The topological polar surface area (TPSA) is 125 Å². The largest absolute Gasteiger partial charge is 0.395 e. The van der Waals surface area contributed by atoms with Gasteiger partial charge in [0.2, 0.25) is 10.0 Å². The Morgan fingerprint density at radius 2 is 1.96 bits per heavy atom. The van der Waals surface area contributed by atoms with Crippen molar-refractivity contribution in [2.24, 2.45) is 0 Å². The van der Waals surface area contributed by atoms with Gasteiger partial charge in [-0.25, -0.2) is 17.2 Å². The molecule has 150 valence electrons. The minimum Gasteiger partial charge on any atom is -0.395 e. The van der Waals surface area contributed by atoms with Crippen molar-refractivity contribution >= 4 is 21.8 Å². The van der Waals surface area contributed by atoms with Gasteiger partial charge in [-0.3, -0.25) is 9.59 Å². The fourth-order valence-electron chi connectivity index (χ4n) is 2.41. The Hall–Kier alpha value is -2.15. The van der Waals surface area contributed by atoms with Gasteiger partial charge >= 0.3 is 11.8 Å². The van der Waals surface area contributed by atoms with E-state index in [0.29, 0.717) is 18.6 Å². The van der Waals surface area contributed by atoms with Crippen LogP contribution in [-0.2, 0) is 24.3 Å². The van der Waals surface area contributed by atoms with Crippen molar-refractivity contribution in [3.63, 3.8) is 0 Å². The fourth-order valence-corrected chi connectivity index (χ4v) is 4.06. The third kappa shape index (κ3) is 5.19. The summed E-state index contributed by atoms with van der Waals surface area (Å²) in [4.78, 5) is 22.3. The van der Waals surface area contributed by atoms with Crippen LogP contribution in [0.2, 0.25) is 0 Å². The molecule has 3 N–H and O–H groups in total. The standard InChI is InChI=1S/C15H19F2N3O6S/c16-10-2-3-11(17)12(8-10)27(24,25)20-5-1-7-26-13(20)9-19-15(23)14(22)18-4-6-21/h2-3,8,13,21H,1,4-7,9H2,(H,18,22)(H,19,23)/t13-/m1/s1. The molecule has 1 aromatic carbocycles.